The summed E-state index contributed by atoms with van der Waals surface area (Å²) in [5, 5.41) is 4.89. The van der Waals surface area contributed by atoms with Crippen molar-refractivity contribution in [1.29, 1.82) is 0 Å². The maximum absolute atomic E-state index is 12.8. The van der Waals surface area contributed by atoms with E-state index in [0.717, 1.165) is 22.6 Å². The Balaban J connectivity index is 1.39. The van der Waals surface area contributed by atoms with Crippen LogP contribution in [0.5, 0.6) is 5.75 Å². The van der Waals surface area contributed by atoms with Crippen molar-refractivity contribution in [2.45, 2.75) is 10.8 Å². The molecule has 0 radical (unpaired) electrons. The van der Waals surface area contributed by atoms with Gasteiger partial charge in [0.25, 0.3) is 10.0 Å². The minimum absolute atomic E-state index is 0.122. The van der Waals surface area contributed by atoms with Crippen molar-refractivity contribution in [1.82, 2.24) is 9.97 Å². The van der Waals surface area contributed by atoms with Crippen molar-refractivity contribution in [2.75, 3.05) is 10.0 Å². The number of nitrogens with zero attached hydrogens (tertiary/aromatic N) is 2. The molecule has 34 heavy (non-hydrogen) atoms. The zero-order valence-electron chi connectivity index (χ0n) is 17.9. The Morgan fingerprint density at radius 3 is 2.12 bits per heavy atom. The maximum atomic E-state index is 12.8. The topological polar surface area (TPSA) is 93.2 Å². The van der Waals surface area contributed by atoms with Crippen molar-refractivity contribution in [3.8, 4) is 5.75 Å². The lowest BCUT2D eigenvalue weighted by molar-refractivity contribution is 0.306. The molecule has 0 aliphatic carbocycles. The van der Waals surface area contributed by atoms with Crippen LogP contribution >= 0.6 is 11.3 Å². The molecule has 7 nitrogen and oxygen atoms in total. The fraction of sp³-hybridized carbons (Fsp3) is 0.0400. The van der Waals surface area contributed by atoms with Gasteiger partial charge in [0.1, 0.15) is 16.6 Å². The SMILES string of the molecule is O=S(=O)(Nc1nc2ccccc2nc1Nc1ccc(OCc2ccccc2)cc1)c1cccs1. The molecule has 0 bridgehead atoms. The number of hydrogen-bond acceptors (Lipinski definition) is 7. The number of thiophene rings is 1. The Hall–Kier alpha value is -3.95. The van der Waals surface area contributed by atoms with E-state index in [1.54, 1.807) is 23.6 Å². The monoisotopic (exact) mass is 488 g/mol. The van der Waals surface area contributed by atoms with Crippen molar-refractivity contribution in [3.05, 3.63) is 102 Å². The third-order valence-electron chi connectivity index (χ3n) is 4.93. The molecule has 0 amide bonds. The Kier molecular flexibility index (Phi) is 6.11. The molecule has 0 aliphatic rings. The summed E-state index contributed by atoms with van der Waals surface area (Å²) in [5.41, 5.74) is 3.03. The first kappa shape index (κ1) is 21.9. The largest absolute Gasteiger partial charge is 0.489 e. The number of para-hydroxylation sites is 2. The van der Waals surface area contributed by atoms with Crippen LogP contribution in [0, 0.1) is 0 Å². The number of ether oxygens (including phenoxy) is 1. The van der Waals surface area contributed by atoms with Gasteiger partial charge in [-0.25, -0.2) is 18.4 Å². The van der Waals surface area contributed by atoms with Crippen LogP contribution < -0.4 is 14.8 Å². The molecular formula is C25H20N4O3S2. The molecular weight excluding hydrogens is 468 g/mol. The van der Waals surface area contributed by atoms with E-state index in [9.17, 15) is 8.42 Å². The lowest BCUT2D eigenvalue weighted by Gasteiger charge is -2.14. The Bertz CT molecular complexity index is 1510. The summed E-state index contributed by atoms with van der Waals surface area (Å²) in [7, 11) is -3.79. The fourth-order valence-electron chi connectivity index (χ4n) is 3.26. The van der Waals surface area contributed by atoms with E-state index in [0.29, 0.717) is 29.1 Å². The van der Waals surface area contributed by atoms with Crippen LogP contribution in [0.2, 0.25) is 0 Å². The van der Waals surface area contributed by atoms with Crippen LogP contribution in [-0.2, 0) is 16.6 Å². The van der Waals surface area contributed by atoms with E-state index in [1.165, 1.54) is 0 Å². The van der Waals surface area contributed by atoms with Gasteiger partial charge in [0.15, 0.2) is 11.6 Å². The van der Waals surface area contributed by atoms with Crippen molar-refractivity contribution in [3.63, 3.8) is 0 Å². The number of fused-ring (bicyclic) bond motifs is 1. The number of hydrogen-bond donors (Lipinski definition) is 2. The van der Waals surface area contributed by atoms with E-state index in [4.69, 9.17) is 4.74 Å². The Labute approximate surface area is 201 Å². The van der Waals surface area contributed by atoms with E-state index < -0.39 is 10.0 Å². The van der Waals surface area contributed by atoms with Crippen molar-refractivity contribution in [2.24, 2.45) is 0 Å². The molecule has 2 aromatic heterocycles. The molecule has 9 heteroatoms. The summed E-state index contributed by atoms with van der Waals surface area (Å²) in [4.78, 5) is 9.12. The van der Waals surface area contributed by atoms with Crippen molar-refractivity contribution < 1.29 is 13.2 Å². The van der Waals surface area contributed by atoms with Gasteiger partial charge in [-0.05, 0) is 53.4 Å². The number of sulfonamides is 1. The second kappa shape index (κ2) is 9.50. The number of aromatic nitrogens is 2. The first-order valence-corrected chi connectivity index (χ1v) is 12.8. The highest BCUT2D eigenvalue weighted by Crippen LogP contribution is 2.29. The predicted octanol–water partition coefficient (Wildman–Crippen LogP) is 5.81. The maximum Gasteiger partial charge on any atom is 0.272 e. The fourth-order valence-corrected chi connectivity index (χ4v) is 5.27. The summed E-state index contributed by atoms with van der Waals surface area (Å²) in [6, 6.07) is 27.8. The minimum Gasteiger partial charge on any atom is -0.489 e. The third-order valence-corrected chi connectivity index (χ3v) is 7.66. The zero-order chi connectivity index (χ0) is 23.4. The normalized spacial score (nSPS) is 11.3. The molecule has 0 spiro atoms. The average molecular weight is 489 g/mol. The Morgan fingerprint density at radius 2 is 1.44 bits per heavy atom. The number of nitrogens with one attached hydrogen (secondary N) is 2. The van der Waals surface area contributed by atoms with Gasteiger partial charge in [0.2, 0.25) is 0 Å². The molecule has 2 heterocycles. The smallest absolute Gasteiger partial charge is 0.272 e. The number of rotatable bonds is 8. The first-order valence-electron chi connectivity index (χ1n) is 10.4. The van der Waals surface area contributed by atoms with E-state index in [2.05, 4.69) is 20.0 Å². The van der Waals surface area contributed by atoms with E-state index in [-0.39, 0.29) is 10.0 Å². The second-order valence-electron chi connectivity index (χ2n) is 7.37. The van der Waals surface area contributed by atoms with Crippen LogP contribution in [0.25, 0.3) is 11.0 Å². The van der Waals surface area contributed by atoms with Gasteiger partial charge in [0.05, 0.1) is 11.0 Å². The van der Waals surface area contributed by atoms with Gasteiger partial charge < -0.3 is 10.1 Å². The summed E-state index contributed by atoms with van der Waals surface area (Å²) in [5.74, 6) is 1.14. The number of benzene rings is 3. The van der Waals surface area contributed by atoms with Gasteiger partial charge in [0, 0.05) is 5.69 Å². The van der Waals surface area contributed by atoms with Gasteiger partial charge in [-0.15, -0.1) is 11.3 Å². The highest BCUT2D eigenvalue weighted by Gasteiger charge is 2.20. The second-order valence-corrected chi connectivity index (χ2v) is 10.2. The molecule has 170 valence electrons. The zero-order valence-corrected chi connectivity index (χ0v) is 19.5. The highest BCUT2D eigenvalue weighted by atomic mass is 32.2. The highest BCUT2D eigenvalue weighted by molar-refractivity contribution is 7.94. The summed E-state index contributed by atoms with van der Waals surface area (Å²) in [6.07, 6.45) is 0. The molecule has 3 aromatic carbocycles. The van der Waals surface area contributed by atoms with E-state index in [1.807, 2.05) is 72.8 Å². The molecule has 0 aliphatic heterocycles. The van der Waals surface area contributed by atoms with Crippen LogP contribution in [0.1, 0.15) is 5.56 Å². The summed E-state index contributed by atoms with van der Waals surface area (Å²) >= 11 is 1.13. The minimum atomic E-state index is -3.79. The number of anilines is 3. The predicted molar refractivity (Wildman–Crippen MR) is 135 cm³/mol. The van der Waals surface area contributed by atoms with Gasteiger partial charge in [-0.1, -0.05) is 48.5 Å². The molecule has 5 aromatic rings. The first-order chi connectivity index (χ1) is 16.6. The lowest BCUT2D eigenvalue weighted by Crippen LogP contribution is -2.15. The Morgan fingerprint density at radius 1 is 0.765 bits per heavy atom. The quantitative estimate of drug-likeness (QED) is 0.286. The molecule has 0 fully saturated rings. The van der Waals surface area contributed by atoms with Gasteiger partial charge in [-0.3, -0.25) is 4.72 Å². The molecule has 0 unspecified atom stereocenters. The van der Waals surface area contributed by atoms with Crippen LogP contribution in [0.4, 0.5) is 17.3 Å². The molecule has 0 saturated heterocycles. The standard InChI is InChI=1S/C25H20N4O3S2/c30-34(31,23-11-6-16-33-23)29-25-24(27-21-9-4-5-10-22(21)28-25)26-19-12-14-20(15-13-19)32-17-18-7-2-1-3-8-18/h1-16H,17H2,(H,26,27)(H,28,29). The summed E-state index contributed by atoms with van der Waals surface area (Å²) < 4.78 is 34.3. The van der Waals surface area contributed by atoms with Crippen LogP contribution in [-0.4, -0.2) is 18.4 Å². The van der Waals surface area contributed by atoms with Gasteiger partial charge in [-0.2, -0.15) is 0 Å². The van der Waals surface area contributed by atoms with Crippen LogP contribution in [0.15, 0.2) is 101 Å². The van der Waals surface area contributed by atoms with E-state index >= 15 is 0 Å². The summed E-state index contributed by atoms with van der Waals surface area (Å²) in [6.45, 7) is 0.471. The van der Waals surface area contributed by atoms with Crippen LogP contribution in [0.3, 0.4) is 0 Å². The third kappa shape index (κ3) is 5.00. The molecule has 5 rings (SSSR count). The van der Waals surface area contributed by atoms with Gasteiger partial charge >= 0.3 is 0 Å². The van der Waals surface area contributed by atoms with Crippen molar-refractivity contribution >= 4 is 49.7 Å². The molecule has 0 atom stereocenters. The lowest BCUT2D eigenvalue weighted by atomic mass is 10.2. The average Bonchev–Trinajstić information content (AvgIpc) is 3.41. The molecule has 0 saturated carbocycles. The molecule has 2 N–H and O–H groups in total.